The molecule has 3 aromatic rings. The second kappa shape index (κ2) is 6.14. The third-order valence-electron chi connectivity index (χ3n) is 3.21. The predicted molar refractivity (Wildman–Crippen MR) is 86.8 cm³/mol. The van der Waals surface area contributed by atoms with Gasteiger partial charge in [-0.1, -0.05) is 46.3 Å². The van der Waals surface area contributed by atoms with Crippen molar-refractivity contribution in [2.45, 2.75) is 6.61 Å². The normalized spacial score (nSPS) is 10.6. The first-order valence-electron chi connectivity index (χ1n) is 6.57. The van der Waals surface area contributed by atoms with Gasteiger partial charge < -0.3 is 9.47 Å². The summed E-state index contributed by atoms with van der Waals surface area (Å²) in [4.78, 5) is 4.37. The van der Waals surface area contributed by atoms with Crippen molar-refractivity contribution in [3.05, 3.63) is 64.8 Å². The van der Waals surface area contributed by atoms with Gasteiger partial charge in [0, 0.05) is 22.1 Å². The predicted octanol–water partition coefficient (Wildman–Crippen LogP) is 4.58. The maximum Gasteiger partial charge on any atom is 0.163 e. The molecule has 4 heteroatoms. The molecular weight excluding hydrogens is 330 g/mol. The molecule has 21 heavy (non-hydrogen) atoms. The second-order valence-corrected chi connectivity index (χ2v) is 5.44. The van der Waals surface area contributed by atoms with E-state index in [-0.39, 0.29) is 0 Å². The molecule has 0 aliphatic carbocycles. The van der Waals surface area contributed by atoms with Crippen LogP contribution in [0.4, 0.5) is 0 Å². The fourth-order valence-corrected chi connectivity index (χ4v) is 2.56. The average molecular weight is 344 g/mol. The lowest BCUT2D eigenvalue weighted by Crippen LogP contribution is -1.98. The van der Waals surface area contributed by atoms with E-state index in [0.717, 1.165) is 20.9 Å². The SMILES string of the molecule is COc1cc2c(Br)ccnc2cc1OCc1ccccc1. The molecule has 0 aliphatic heterocycles. The summed E-state index contributed by atoms with van der Waals surface area (Å²) in [6, 6.07) is 15.8. The molecule has 0 N–H and O–H groups in total. The standard InChI is InChI=1S/C17H14BrNO2/c1-20-16-9-13-14(18)7-8-19-15(13)10-17(16)21-11-12-5-3-2-4-6-12/h2-10H,11H2,1H3. The van der Waals surface area contributed by atoms with Gasteiger partial charge in [-0.25, -0.2) is 0 Å². The third kappa shape index (κ3) is 3.00. The summed E-state index contributed by atoms with van der Waals surface area (Å²) in [5.41, 5.74) is 1.98. The molecule has 1 heterocycles. The second-order valence-electron chi connectivity index (χ2n) is 4.59. The van der Waals surface area contributed by atoms with Crippen molar-refractivity contribution < 1.29 is 9.47 Å². The van der Waals surface area contributed by atoms with Crippen molar-refractivity contribution in [2.24, 2.45) is 0 Å². The van der Waals surface area contributed by atoms with Crippen molar-refractivity contribution in [1.29, 1.82) is 0 Å². The smallest absolute Gasteiger partial charge is 0.163 e. The Morgan fingerprint density at radius 2 is 1.86 bits per heavy atom. The first-order valence-corrected chi connectivity index (χ1v) is 7.36. The highest BCUT2D eigenvalue weighted by molar-refractivity contribution is 9.10. The van der Waals surface area contributed by atoms with Gasteiger partial charge >= 0.3 is 0 Å². The number of hydrogen-bond donors (Lipinski definition) is 0. The van der Waals surface area contributed by atoms with E-state index in [4.69, 9.17) is 9.47 Å². The highest BCUT2D eigenvalue weighted by Gasteiger charge is 2.09. The van der Waals surface area contributed by atoms with E-state index in [9.17, 15) is 0 Å². The number of aromatic nitrogens is 1. The van der Waals surface area contributed by atoms with E-state index >= 15 is 0 Å². The van der Waals surface area contributed by atoms with Gasteiger partial charge in [0.25, 0.3) is 0 Å². The molecule has 0 unspecified atom stereocenters. The molecule has 2 aromatic carbocycles. The Morgan fingerprint density at radius 1 is 1.05 bits per heavy atom. The molecule has 0 fully saturated rings. The quantitative estimate of drug-likeness (QED) is 0.694. The molecule has 0 amide bonds. The monoisotopic (exact) mass is 343 g/mol. The summed E-state index contributed by atoms with van der Waals surface area (Å²) in [6.45, 7) is 0.497. The molecule has 0 saturated heterocycles. The van der Waals surface area contributed by atoms with Gasteiger partial charge in [-0.2, -0.15) is 0 Å². The number of benzene rings is 2. The Kier molecular flexibility index (Phi) is 4.06. The van der Waals surface area contributed by atoms with Gasteiger partial charge in [0.2, 0.25) is 0 Å². The van der Waals surface area contributed by atoms with Crippen LogP contribution < -0.4 is 9.47 Å². The minimum Gasteiger partial charge on any atom is -0.493 e. The Labute approximate surface area is 131 Å². The molecule has 0 saturated carbocycles. The lowest BCUT2D eigenvalue weighted by atomic mass is 10.2. The van der Waals surface area contributed by atoms with Crippen molar-refractivity contribution in [2.75, 3.05) is 7.11 Å². The third-order valence-corrected chi connectivity index (χ3v) is 3.90. The molecule has 106 valence electrons. The largest absolute Gasteiger partial charge is 0.493 e. The topological polar surface area (TPSA) is 31.4 Å². The lowest BCUT2D eigenvalue weighted by molar-refractivity contribution is 0.285. The Balaban J connectivity index is 1.94. The van der Waals surface area contributed by atoms with E-state index in [1.54, 1.807) is 13.3 Å². The number of hydrogen-bond acceptors (Lipinski definition) is 3. The lowest BCUT2D eigenvalue weighted by Gasteiger charge is -2.12. The van der Waals surface area contributed by atoms with E-state index in [1.807, 2.05) is 48.5 Å². The number of pyridine rings is 1. The summed E-state index contributed by atoms with van der Waals surface area (Å²) < 4.78 is 12.3. The zero-order valence-corrected chi connectivity index (χ0v) is 13.1. The summed E-state index contributed by atoms with van der Waals surface area (Å²) in [5, 5.41) is 1.00. The van der Waals surface area contributed by atoms with Crippen molar-refractivity contribution in [3.63, 3.8) is 0 Å². The van der Waals surface area contributed by atoms with E-state index in [1.165, 1.54) is 0 Å². The highest BCUT2D eigenvalue weighted by atomic mass is 79.9. The number of nitrogens with zero attached hydrogens (tertiary/aromatic N) is 1. The number of methoxy groups -OCH3 is 1. The summed E-state index contributed by atoms with van der Waals surface area (Å²) >= 11 is 3.52. The zero-order chi connectivity index (χ0) is 14.7. The zero-order valence-electron chi connectivity index (χ0n) is 11.5. The van der Waals surface area contributed by atoms with Crippen molar-refractivity contribution in [3.8, 4) is 11.5 Å². The fraction of sp³-hybridized carbons (Fsp3) is 0.118. The van der Waals surface area contributed by atoms with E-state index < -0.39 is 0 Å². The van der Waals surface area contributed by atoms with Gasteiger partial charge in [-0.3, -0.25) is 4.98 Å². The molecule has 0 bridgehead atoms. The van der Waals surface area contributed by atoms with Crippen molar-refractivity contribution >= 4 is 26.8 Å². The Bertz CT molecular complexity index is 759. The molecule has 0 spiro atoms. The average Bonchev–Trinajstić information content (AvgIpc) is 2.53. The number of rotatable bonds is 4. The minimum atomic E-state index is 0.497. The van der Waals surface area contributed by atoms with Crippen LogP contribution in [0.2, 0.25) is 0 Å². The summed E-state index contributed by atoms with van der Waals surface area (Å²) in [5.74, 6) is 1.39. The minimum absolute atomic E-state index is 0.497. The van der Waals surface area contributed by atoms with Crippen LogP contribution in [0.25, 0.3) is 10.9 Å². The number of halogens is 1. The van der Waals surface area contributed by atoms with Crippen LogP contribution in [-0.4, -0.2) is 12.1 Å². The van der Waals surface area contributed by atoms with E-state index in [2.05, 4.69) is 20.9 Å². The molecule has 1 aromatic heterocycles. The number of ether oxygens (including phenoxy) is 2. The summed E-state index contributed by atoms with van der Waals surface area (Å²) in [6.07, 6.45) is 1.76. The van der Waals surface area contributed by atoms with Gasteiger partial charge in [0.15, 0.2) is 11.5 Å². The van der Waals surface area contributed by atoms with Crippen LogP contribution in [0.3, 0.4) is 0 Å². The summed E-state index contributed by atoms with van der Waals surface area (Å²) in [7, 11) is 1.64. The first-order chi connectivity index (χ1) is 10.3. The van der Waals surface area contributed by atoms with Crippen LogP contribution in [0.5, 0.6) is 11.5 Å². The highest BCUT2D eigenvalue weighted by Crippen LogP contribution is 2.34. The van der Waals surface area contributed by atoms with Crippen LogP contribution in [0.15, 0.2) is 59.2 Å². The molecule has 0 atom stereocenters. The number of fused-ring (bicyclic) bond motifs is 1. The Hall–Kier alpha value is -2.07. The van der Waals surface area contributed by atoms with E-state index in [0.29, 0.717) is 18.1 Å². The van der Waals surface area contributed by atoms with Gasteiger partial charge in [0.05, 0.1) is 12.6 Å². The van der Waals surface area contributed by atoms with Crippen LogP contribution in [-0.2, 0) is 6.61 Å². The molecule has 0 radical (unpaired) electrons. The fourth-order valence-electron chi connectivity index (χ4n) is 2.13. The van der Waals surface area contributed by atoms with Gasteiger partial charge in [-0.05, 0) is 17.7 Å². The first kappa shape index (κ1) is 13.9. The van der Waals surface area contributed by atoms with Crippen LogP contribution in [0, 0.1) is 0 Å². The van der Waals surface area contributed by atoms with Crippen LogP contribution >= 0.6 is 15.9 Å². The maximum atomic E-state index is 5.88. The van der Waals surface area contributed by atoms with Gasteiger partial charge in [-0.15, -0.1) is 0 Å². The van der Waals surface area contributed by atoms with Crippen molar-refractivity contribution in [1.82, 2.24) is 4.98 Å². The van der Waals surface area contributed by atoms with Gasteiger partial charge in [0.1, 0.15) is 6.61 Å². The molecule has 3 rings (SSSR count). The molecule has 0 aliphatic rings. The van der Waals surface area contributed by atoms with Crippen LogP contribution in [0.1, 0.15) is 5.56 Å². The Morgan fingerprint density at radius 3 is 2.62 bits per heavy atom. The molecular formula is C17H14BrNO2. The molecule has 3 nitrogen and oxygen atoms in total. The maximum absolute atomic E-state index is 5.88.